The van der Waals surface area contributed by atoms with Gasteiger partial charge >= 0.3 is 6.09 Å². The zero-order valence-corrected chi connectivity index (χ0v) is 15.5. The van der Waals surface area contributed by atoms with Gasteiger partial charge in [0.1, 0.15) is 12.2 Å². The normalized spacial score (nSPS) is 25.2. The molecule has 3 aromatic rings. The maximum Gasteiger partial charge on any atom is 0.404 e. The number of fused-ring (bicyclic) bond motifs is 3. The van der Waals surface area contributed by atoms with E-state index in [1.165, 1.54) is 0 Å². The van der Waals surface area contributed by atoms with E-state index in [9.17, 15) is 9.90 Å². The molecule has 2 aromatic heterocycles. The van der Waals surface area contributed by atoms with E-state index in [0.29, 0.717) is 13.0 Å². The Labute approximate surface area is 161 Å². The van der Waals surface area contributed by atoms with Crippen molar-refractivity contribution in [2.24, 2.45) is 5.73 Å². The van der Waals surface area contributed by atoms with Crippen LogP contribution in [0.3, 0.4) is 0 Å². The van der Waals surface area contributed by atoms with Crippen molar-refractivity contribution in [2.45, 2.75) is 44.4 Å². The molecule has 1 aliphatic heterocycles. The molecule has 0 bridgehead atoms. The van der Waals surface area contributed by atoms with Crippen LogP contribution in [0.25, 0.3) is 21.8 Å². The molecule has 8 heteroatoms. The van der Waals surface area contributed by atoms with E-state index in [2.05, 4.69) is 16.0 Å². The van der Waals surface area contributed by atoms with Crippen LogP contribution in [0.2, 0.25) is 0 Å². The third-order valence-electron chi connectivity index (χ3n) is 5.07. The number of nitrogens with zero attached hydrogens (tertiary/aromatic N) is 1. The van der Waals surface area contributed by atoms with Crippen molar-refractivity contribution >= 4 is 27.9 Å². The molecule has 4 atom stereocenters. The number of amides is 1. The van der Waals surface area contributed by atoms with E-state index in [0.717, 1.165) is 27.5 Å². The SMILES string of the molecule is C[C@H]1OC(OCCc2nccc3c2[nH]c2ccccc23)C[C@@H](OC(N)=O)[C@@H]1O. The highest BCUT2D eigenvalue weighted by molar-refractivity contribution is 6.07. The largest absolute Gasteiger partial charge is 0.443 e. The molecule has 3 heterocycles. The molecule has 0 radical (unpaired) electrons. The Bertz CT molecular complexity index is 988. The molecule has 4 N–H and O–H groups in total. The number of rotatable bonds is 5. The maximum absolute atomic E-state index is 11.0. The predicted molar refractivity (Wildman–Crippen MR) is 103 cm³/mol. The fraction of sp³-hybridized carbons (Fsp3) is 0.400. The first-order valence-corrected chi connectivity index (χ1v) is 9.28. The van der Waals surface area contributed by atoms with E-state index < -0.39 is 30.7 Å². The number of aliphatic hydroxyl groups excluding tert-OH is 1. The summed E-state index contributed by atoms with van der Waals surface area (Å²) in [7, 11) is 0. The van der Waals surface area contributed by atoms with Gasteiger partial charge in [-0.2, -0.15) is 0 Å². The number of carbonyl (C=O) groups excluding carboxylic acids is 1. The average Bonchev–Trinajstić information content (AvgIpc) is 3.05. The van der Waals surface area contributed by atoms with E-state index in [-0.39, 0.29) is 6.42 Å². The lowest BCUT2D eigenvalue weighted by molar-refractivity contribution is -0.244. The second-order valence-electron chi connectivity index (χ2n) is 6.94. The number of H-pyrrole nitrogens is 1. The van der Waals surface area contributed by atoms with Crippen LogP contribution in [-0.2, 0) is 20.6 Å². The van der Waals surface area contributed by atoms with Gasteiger partial charge in [0.2, 0.25) is 0 Å². The number of primary amides is 1. The number of benzene rings is 1. The highest BCUT2D eigenvalue weighted by Crippen LogP contribution is 2.27. The summed E-state index contributed by atoms with van der Waals surface area (Å²) in [4.78, 5) is 18.9. The lowest BCUT2D eigenvalue weighted by Gasteiger charge is -2.36. The van der Waals surface area contributed by atoms with Gasteiger partial charge in [-0.25, -0.2) is 4.79 Å². The fourth-order valence-electron chi connectivity index (χ4n) is 3.69. The molecular weight excluding hydrogens is 362 g/mol. The monoisotopic (exact) mass is 385 g/mol. The summed E-state index contributed by atoms with van der Waals surface area (Å²) in [5, 5.41) is 12.4. The van der Waals surface area contributed by atoms with Crippen molar-refractivity contribution in [3.63, 3.8) is 0 Å². The number of hydrogen-bond donors (Lipinski definition) is 3. The van der Waals surface area contributed by atoms with Gasteiger partial charge in [0.05, 0.1) is 23.9 Å². The Morgan fingerprint density at radius 3 is 3.00 bits per heavy atom. The van der Waals surface area contributed by atoms with Gasteiger partial charge in [0.15, 0.2) is 6.29 Å². The first-order valence-electron chi connectivity index (χ1n) is 9.28. The van der Waals surface area contributed by atoms with Gasteiger partial charge in [0.25, 0.3) is 0 Å². The van der Waals surface area contributed by atoms with Crippen LogP contribution < -0.4 is 5.73 Å². The number of aromatic nitrogens is 2. The molecular formula is C20H23N3O5. The Morgan fingerprint density at radius 1 is 1.36 bits per heavy atom. The average molecular weight is 385 g/mol. The highest BCUT2D eigenvalue weighted by atomic mass is 16.7. The first kappa shape index (κ1) is 18.7. The van der Waals surface area contributed by atoms with Crippen molar-refractivity contribution in [2.75, 3.05) is 6.61 Å². The Morgan fingerprint density at radius 2 is 2.18 bits per heavy atom. The molecule has 8 nitrogen and oxygen atoms in total. The molecule has 0 saturated carbocycles. The summed E-state index contributed by atoms with van der Waals surface area (Å²) < 4.78 is 16.4. The minimum atomic E-state index is -0.936. The van der Waals surface area contributed by atoms with E-state index in [4.69, 9.17) is 19.9 Å². The molecule has 1 saturated heterocycles. The number of nitrogens with one attached hydrogen (secondary N) is 1. The van der Waals surface area contributed by atoms with Crippen LogP contribution in [0.5, 0.6) is 0 Å². The smallest absolute Gasteiger partial charge is 0.404 e. The molecule has 4 rings (SSSR count). The lowest BCUT2D eigenvalue weighted by Crippen LogP contribution is -2.50. The summed E-state index contributed by atoms with van der Waals surface area (Å²) in [5.74, 6) is 0. The van der Waals surface area contributed by atoms with Gasteiger partial charge in [-0.15, -0.1) is 0 Å². The highest BCUT2D eigenvalue weighted by Gasteiger charge is 2.38. The summed E-state index contributed by atoms with van der Waals surface area (Å²) in [6, 6.07) is 10.1. The second-order valence-corrected chi connectivity index (χ2v) is 6.94. The van der Waals surface area contributed by atoms with E-state index in [1.54, 1.807) is 13.1 Å². The zero-order chi connectivity index (χ0) is 19.7. The summed E-state index contributed by atoms with van der Waals surface area (Å²) >= 11 is 0. The Kier molecular flexibility index (Phi) is 5.17. The molecule has 1 amide bonds. The van der Waals surface area contributed by atoms with Crippen LogP contribution in [0.15, 0.2) is 36.5 Å². The maximum atomic E-state index is 11.0. The quantitative estimate of drug-likeness (QED) is 0.620. The van der Waals surface area contributed by atoms with E-state index >= 15 is 0 Å². The standard InChI is InChI=1S/C20H23N3O5/c1-11-19(24)16(28-20(21)25)10-17(27-11)26-9-7-15-18-13(6-8-22-15)12-4-2-3-5-14(12)23-18/h2-6,8,11,16-17,19,23-24H,7,9-10H2,1H3,(H2,21,25)/t11-,16-,17?,19-/m1/s1. The van der Waals surface area contributed by atoms with Gasteiger partial charge in [0, 0.05) is 35.3 Å². The Balaban J connectivity index is 1.43. The third-order valence-corrected chi connectivity index (χ3v) is 5.07. The number of pyridine rings is 1. The molecule has 1 fully saturated rings. The summed E-state index contributed by atoms with van der Waals surface area (Å²) in [6.07, 6.45) is -1.13. The van der Waals surface area contributed by atoms with Crippen molar-refractivity contribution in [1.82, 2.24) is 9.97 Å². The van der Waals surface area contributed by atoms with Gasteiger partial charge in [-0.3, -0.25) is 4.98 Å². The van der Waals surface area contributed by atoms with Crippen LogP contribution in [-0.4, -0.2) is 52.4 Å². The first-order chi connectivity index (χ1) is 13.5. The van der Waals surface area contributed by atoms with E-state index in [1.807, 2.05) is 24.3 Å². The molecule has 28 heavy (non-hydrogen) atoms. The number of hydrogen-bond acceptors (Lipinski definition) is 6. The zero-order valence-electron chi connectivity index (χ0n) is 15.5. The molecule has 0 aliphatic carbocycles. The van der Waals surface area contributed by atoms with Crippen LogP contribution in [0.1, 0.15) is 19.0 Å². The van der Waals surface area contributed by atoms with Crippen LogP contribution >= 0.6 is 0 Å². The van der Waals surface area contributed by atoms with Gasteiger partial charge < -0.3 is 30.0 Å². The van der Waals surface area contributed by atoms with Crippen LogP contribution in [0, 0.1) is 0 Å². The minimum absolute atomic E-state index is 0.221. The number of nitrogens with two attached hydrogens (primary N) is 1. The second kappa shape index (κ2) is 7.75. The van der Waals surface area contributed by atoms with Crippen molar-refractivity contribution < 1.29 is 24.1 Å². The molecule has 0 spiro atoms. The van der Waals surface area contributed by atoms with Gasteiger partial charge in [-0.05, 0) is 19.1 Å². The number of ether oxygens (including phenoxy) is 3. The lowest BCUT2D eigenvalue weighted by atomic mass is 10.0. The number of carbonyl (C=O) groups is 1. The number of para-hydroxylation sites is 1. The third kappa shape index (κ3) is 3.66. The van der Waals surface area contributed by atoms with Crippen molar-refractivity contribution in [1.29, 1.82) is 0 Å². The Hall–Kier alpha value is -2.68. The summed E-state index contributed by atoms with van der Waals surface area (Å²) in [6.45, 7) is 2.07. The van der Waals surface area contributed by atoms with Crippen molar-refractivity contribution in [3.8, 4) is 0 Å². The number of aromatic amines is 1. The minimum Gasteiger partial charge on any atom is -0.443 e. The predicted octanol–water partition coefficient (Wildman–Crippen LogP) is 2.23. The molecule has 1 aromatic carbocycles. The topological polar surface area (TPSA) is 120 Å². The fourth-order valence-corrected chi connectivity index (χ4v) is 3.69. The van der Waals surface area contributed by atoms with Gasteiger partial charge in [-0.1, -0.05) is 18.2 Å². The molecule has 148 valence electrons. The molecule has 1 unspecified atom stereocenters. The number of aliphatic hydroxyl groups is 1. The van der Waals surface area contributed by atoms with Crippen molar-refractivity contribution in [3.05, 3.63) is 42.2 Å². The van der Waals surface area contributed by atoms with Crippen LogP contribution in [0.4, 0.5) is 4.79 Å². The summed E-state index contributed by atoms with van der Waals surface area (Å²) in [5.41, 5.74) is 8.04. The molecule has 1 aliphatic rings.